The first-order valence-corrected chi connectivity index (χ1v) is 6.66. The highest BCUT2D eigenvalue weighted by Gasteiger charge is 2.27. The topological polar surface area (TPSA) is 62.8 Å². The standard InChI is InChI=1S/C14H18N4O/c1-2-12(18-10-13-16-7-8-17-13)14(19-9-1)11-3-5-15-6-4-11/h3-8,12,14,18H,1-2,9-10H2,(H,16,17)/t12-,14+/m0/s1. The third-order valence-corrected chi connectivity index (χ3v) is 3.44. The van der Waals surface area contributed by atoms with Crippen LogP contribution in [0.25, 0.3) is 0 Å². The third kappa shape index (κ3) is 3.00. The van der Waals surface area contributed by atoms with Gasteiger partial charge in [0, 0.05) is 37.4 Å². The van der Waals surface area contributed by atoms with E-state index >= 15 is 0 Å². The molecule has 0 radical (unpaired) electrons. The van der Waals surface area contributed by atoms with Crippen LogP contribution in [0.15, 0.2) is 36.9 Å². The predicted octanol–water partition coefficient (Wildman–Crippen LogP) is 1.81. The fourth-order valence-electron chi connectivity index (χ4n) is 2.49. The van der Waals surface area contributed by atoms with E-state index in [4.69, 9.17) is 4.74 Å². The van der Waals surface area contributed by atoms with Gasteiger partial charge in [-0.3, -0.25) is 4.98 Å². The van der Waals surface area contributed by atoms with Crippen LogP contribution in [0, 0.1) is 0 Å². The second kappa shape index (κ2) is 5.95. The molecule has 1 fully saturated rings. The molecule has 5 nitrogen and oxygen atoms in total. The van der Waals surface area contributed by atoms with Gasteiger partial charge in [-0.2, -0.15) is 0 Å². The fourth-order valence-corrected chi connectivity index (χ4v) is 2.49. The van der Waals surface area contributed by atoms with Crippen LogP contribution in [0.5, 0.6) is 0 Å². The number of imidazole rings is 1. The summed E-state index contributed by atoms with van der Waals surface area (Å²) in [4.78, 5) is 11.4. The first-order valence-electron chi connectivity index (χ1n) is 6.66. The zero-order chi connectivity index (χ0) is 12.9. The quantitative estimate of drug-likeness (QED) is 0.878. The summed E-state index contributed by atoms with van der Waals surface area (Å²) in [5.74, 6) is 0.957. The Hall–Kier alpha value is -1.72. The molecule has 0 amide bonds. The molecule has 0 aromatic carbocycles. The number of hydrogen-bond donors (Lipinski definition) is 2. The van der Waals surface area contributed by atoms with Gasteiger partial charge in [0.15, 0.2) is 0 Å². The van der Waals surface area contributed by atoms with Gasteiger partial charge in [0.1, 0.15) is 5.82 Å². The van der Waals surface area contributed by atoms with Crippen molar-refractivity contribution in [3.8, 4) is 0 Å². The van der Waals surface area contributed by atoms with Crippen LogP contribution in [0.3, 0.4) is 0 Å². The highest BCUT2D eigenvalue weighted by Crippen LogP contribution is 2.28. The number of hydrogen-bond acceptors (Lipinski definition) is 4. The molecule has 5 heteroatoms. The second-order valence-corrected chi connectivity index (χ2v) is 4.74. The molecule has 1 saturated heterocycles. The molecule has 3 rings (SSSR count). The Labute approximate surface area is 112 Å². The van der Waals surface area contributed by atoms with E-state index < -0.39 is 0 Å². The molecule has 0 saturated carbocycles. The third-order valence-electron chi connectivity index (χ3n) is 3.44. The summed E-state index contributed by atoms with van der Waals surface area (Å²) in [7, 11) is 0. The zero-order valence-corrected chi connectivity index (χ0v) is 10.7. The van der Waals surface area contributed by atoms with Crippen molar-refractivity contribution in [1.29, 1.82) is 0 Å². The minimum atomic E-state index is 0.103. The highest BCUT2D eigenvalue weighted by atomic mass is 16.5. The molecule has 2 N–H and O–H groups in total. The smallest absolute Gasteiger partial charge is 0.120 e. The molecule has 2 atom stereocenters. The number of aromatic nitrogens is 3. The lowest BCUT2D eigenvalue weighted by Crippen LogP contribution is -2.39. The van der Waals surface area contributed by atoms with Crippen molar-refractivity contribution >= 4 is 0 Å². The monoisotopic (exact) mass is 258 g/mol. The van der Waals surface area contributed by atoms with Crippen molar-refractivity contribution in [3.63, 3.8) is 0 Å². The largest absolute Gasteiger partial charge is 0.372 e. The summed E-state index contributed by atoms with van der Waals surface area (Å²) >= 11 is 0. The minimum absolute atomic E-state index is 0.103. The van der Waals surface area contributed by atoms with E-state index in [0.717, 1.165) is 31.8 Å². The Kier molecular flexibility index (Phi) is 3.86. The summed E-state index contributed by atoms with van der Waals surface area (Å²) in [5, 5.41) is 3.53. The van der Waals surface area contributed by atoms with Gasteiger partial charge in [0.2, 0.25) is 0 Å². The average molecular weight is 258 g/mol. The van der Waals surface area contributed by atoms with Crippen molar-refractivity contribution in [3.05, 3.63) is 48.3 Å². The van der Waals surface area contributed by atoms with Gasteiger partial charge in [-0.1, -0.05) is 0 Å². The molecule has 1 aliphatic heterocycles. The van der Waals surface area contributed by atoms with Gasteiger partial charge in [0.25, 0.3) is 0 Å². The van der Waals surface area contributed by atoms with E-state index in [1.807, 2.05) is 30.7 Å². The molecule has 0 aliphatic carbocycles. The lowest BCUT2D eigenvalue weighted by Gasteiger charge is -2.32. The van der Waals surface area contributed by atoms with Crippen LogP contribution in [-0.2, 0) is 11.3 Å². The van der Waals surface area contributed by atoms with Gasteiger partial charge in [-0.05, 0) is 30.5 Å². The summed E-state index contributed by atoms with van der Waals surface area (Å²) in [6.45, 7) is 1.56. The van der Waals surface area contributed by atoms with Crippen molar-refractivity contribution in [2.45, 2.75) is 31.5 Å². The first-order chi connectivity index (χ1) is 9.43. The number of rotatable bonds is 4. The molecule has 1 aliphatic rings. The van der Waals surface area contributed by atoms with E-state index in [2.05, 4.69) is 20.3 Å². The first kappa shape index (κ1) is 12.3. The van der Waals surface area contributed by atoms with Crippen LogP contribution in [0.4, 0.5) is 0 Å². The zero-order valence-electron chi connectivity index (χ0n) is 10.7. The molecule has 3 heterocycles. The SMILES string of the molecule is c1cc([C@H]2OCCC[C@@H]2NCc2ncc[nH]2)ccn1. The molecule has 0 unspecified atom stereocenters. The van der Waals surface area contributed by atoms with Gasteiger partial charge < -0.3 is 15.0 Å². The molecule has 100 valence electrons. The summed E-state index contributed by atoms with van der Waals surface area (Å²) in [6, 6.07) is 4.37. The molecule has 2 aromatic rings. The summed E-state index contributed by atoms with van der Waals surface area (Å²) in [5.41, 5.74) is 1.19. The lowest BCUT2D eigenvalue weighted by atomic mass is 9.96. The van der Waals surface area contributed by atoms with E-state index in [1.54, 1.807) is 6.20 Å². The normalized spacial score (nSPS) is 23.4. The number of H-pyrrole nitrogens is 1. The van der Waals surface area contributed by atoms with E-state index in [-0.39, 0.29) is 6.10 Å². The van der Waals surface area contributed by atoms with Crippen molar-refractivity contribution in [2.24, 2.45) is 0 Å². The Morgan fingerprint density at radius 2 is 2.21 bits per heavy atom. The van der Waals surface area contributed by atoms with Crippen LogP contribution >= 0.6 is 0 Å². The maximum atomic E-state index is 5.93. The molecular formula is C14H18N4O. The predicted molar refractivity (Wildman–Crippen MR) is 71.4 cm³/mol. The maximum absolute atomic E-state index is 5.93. The van der Waals surface area contributed by atoms with Crippen molar-refractivity contribution < 1.29 is 4.74 Å². The minimum Gasteiger partial charge on any atom is -0.372 e. The Morgan fingerprint density at radius 3 is 3.00 bits per heavy atom. The Morgan fingerprint density at radius 1 is 1.32 bits per heavy atom. The van der Waals surface area contributed by atoms with Crippen LogP contribution in [0.2, 0.25) is 0 Å². The number of nitrogens with one attached hydrogen (secondary N) is 2. The van der Waals surface area contributed by atoms with Gasteiger partial charge >= 0.3 is 0 Å². The number of aromatic amines is 1. The van der Waals surface area contributed by atoms with Crippen LogP contribution in [-0.4, -0.2) is 27.6 Å². The van der Waals surface area contributed by atoms with Crippen LogP contribution < -0.4 is 5.32 Å². The lowest BCUT2D eigenvalue weighted by molar-refractivity contribution is -0.0114. The number of pyridine rings is 1. The molecule has 0 spiro atoms. The van der Waals surface area contributed by atoms with E-state index in [9.17, 15) is 0 Å². The average Bonchev–Trinajstić information content (AvgIpc) is 3.00. The van der Waals surface area contributed by atoms with E-state index in [1.165, 1.54) is 5.56 Å². The summed E-state index contributed by atoms with van der Waals surface area (Å²) < 4.78 is 5.93. The van der Waals surface area contributed by atoms with Crippen molar-refractivity contribution in [1.82, 2.24) is 20.3 Å². The number of nitrogens with zero attached hydrogens (tertiary/aromatic N) is 2. The maximum Gasteiger partial charge on any atom is 0.120 e. The molecule has 2 aromatic heterocycles. The molecule has 19 heavy (non-hydrogen) atoms. The van der Waals surface area contributed by atoms with E-state index in [0.29, 0.717) is 6.04 Å². The molecule has 0 bridgehead atoms. The molecular weight excluding hydrogens is 240 g/mol. The Balaban J connectivity index is 1.67. The highest BCUT2D eigenvalue weighted by molar-refractivity contribution is 5.16. The van der Waals surface area contributed by atoms with Crippen molar-refractivity contribution in [2.75, 3.05) is 6.61 Å². The summed E-state index contributed by atoms with van der Waals surface area (Å²) in [6.07, 6.45) is 9.56. The second-order valence-electron chi connectivity index (χ2n) is 4.74. The van der Waals surface area contributed by atoms with Gasteiger partial charge in [-0.25, -0.2) is 4.98 Å². The fraction of sp³-hybridized carbons (Fsp3) is 0.429. The van der Waals surface area contributed by atoms with Gasteiger partial charge in [-0.15, -0.1) is 0 Å². The van der Waals surface area contributed by atoms with Crippen LogP contribution in [0.1, 0.15) is 30.3 Å². The Bertz CT molecular complexity index is 485. The van der Waals surface area contributed by atoms with Gasteiger partial charge in [0.05, 0.1) is 12.6 Å². The number of ether oxygens (including phenoxy) is 1.